The number of fused-ring (bicyclic) bond motifs is 1. The van der Waals surface area contributed by atoms with Crippen LogP contribution < -0.4 is 0 Å². The van der Waals surface area contributed by atoms with Crippen molar-refractivity contribution >= 4 is 11.8 Å². The van der Waals surface area contributed by atoms with Crippen molar-refractivity contribution in [2.75, 3.05) is 0 Å². The lowest BCUT2D eigenvalue weighted by atomic mass is 9.81. The summed E-state index contributed by atoms with van der Waals surface area (Å²) >= 11 is 0. The lowest BCUT2D eigenvalue weighted by molar-refractivity contribution is -0.134. The van der Waals surface area contributed by atoms with Crippen LogP contribution in [0.25, 0.3) is 0 Å². The molecule has 0 radical (unpaired) electrons. The van der Waals surface area contributed by atoms with Gasteiger partial charge in [-0.05, 0) is 6.42 Å². The second-order valence-electron chi connectivity index (χ2n) is 4.98. The molecule has 1 aliphatic heterocycles. The fourth-order valence-corrected chi connectivity index (χ4v) is 2.39. The average Bonchev–Trinajstić information content (AvgIpc) is 2.65. The Bertz CT molecular complexity index is 433. The number of carbonyl (C=O) groups excluding carboxylic acids is 2. The Labute approximate surface area is 106 Å². The molecule has 4 nitrogen and oxygen atoms in total. The van der Waals surface area contributed by atoms with Gasteiger partial charge in [0.1, 0.15) is 11.4 Å². The van der Waals surface area contributed by atoms with Crippen LogP contribution in [0.15, 0.2) is 23.5 Å². The number of ether oxygens (including phenoxy) is 1. The van der Waals surface area contributed by atoms with Crippen LogP contribution in [0.4, 0.5) is 0 Å². The molecule has 0 aromatic heterocycles. The molecule has 4 heteroatoms. The van der Waals surface area contributed by atoms with Crippen molar-refractivity contribution in [3.05, 3.63) is 23.5 Å². The third kappa shape index (κ3) is 2.53. The second kappa shape index (κ2) is 5.06. The number of rotatable bonds is 5. The number of hydrogen-bond acceptors (Lipinski definition) is 4. The van der Waals surface area contributed by atoms with Crippen molar-refractivity contribution < 1.29 is 19.4 Å². The number of ketones is 1. The Morgan fingerprint density at radius 1 is 1.28 bits per heavy atom. The molecule has 1 N–H and O–H groups in total. The molecule has 18 heavy (non-hydrogen) atoms. The van der Waals surface area contributed by atoms with Gasteiger partial charge in [0.25, 0.3) is 0 Å². The van der Waals surface area contributed by atoms with Crippen molar-refractivity contribution in [2.24, 2.45) is 0 Å². The van der Waals surface area contributed by atoms with Gasteiger partial charge in [-0.1, -0.05) is 32.6 Å². The molecule has 0 aromatic carbocycles. The molecule has 0 spiro atoms. The minimum atomic E-state index is -1.35. The first kappa shape index (κ1) is 13.0. The molecule has 0 aromatic rings. The molecule has 0 saturated carbocycles. The highest BCUT2D eigenvalue weighted by Gasteiger charge is 2.41. The van der Waals surface area contributed by atoms with Crippen molar-refractivity contribution in [3.8, 4) is 0 Å². The van der Waals surface area contributed by atoms with Crippen LogP contribution in [0.5, 0.6) is 0 Å². The lowest BCUT2D eigenvalue weighted by Crippen LogP contribution is -2.40. The molecule has 2 aliphatic rings. The largest absolute Gasteiger partial charge is 0.423 e. The van der Waals surface area contributed by atoms with E-state index in [1.807, 2.05) is 0 Å². The van der Waals surface area contributed by atoms with E-state index in [1.165, 1.54) is 12.2 Å². The Hall–Kier alpha value is -1.42. The van der Waals surface area contributed by atoms with Crippen LogP contribution in [0.3, 0.4) is 0 Å². The van der Waals surface area contributed by atoms with E-state index in [4.69, 9.17) is 4.74 Å². The standard InChI is InChI=1S/C14H18O4/c1-2-3-4-5-6-14(17)9-10-7-13(16)18-11(10)8-12(14)15/h7-8,17H,2-6,9H2,1H3. The van der Waals surface area contributed by atoms with Gasteiger partial charge in [0.15, 0.2) is 5.78 Å². The first-order valence-electron chi connectivity index (χ1n) is 6.46. The van der Waals surface area contributed by atoms with Crippen LogP contribution in [0, 0.1) is 0 Å². The zero-order chi connectivity index (χ0) is 13.2. The lowest BCUT2D eigenvalue weighted by Gasteiger charge is -2.29. The molecule has 98 valence electrons. The number of allylic oxidation sites excluding steroid dienone is 1. The van der Waals surface area contributed by atoms with Gasteiger partial charge in [0.2, 0.25) is 0 Å². The Morgan fingerprint density at radius 2 is 2.06 bits per heavy atom. The molecular formula is C14H18O4. The van der Waals surface area contributed by atoms with Gasteiger partial charge < -0.3 is 9.84 Å². The highest BCUT2D eigenvalue weighted by molar-refractivity contribution is 6.02. The summed E-state index contributed by atoms with van der Waals surface area (Å²) in [7, 11) is 0. The smallest absolute Gasteiger partial charge is 0.336 e. The first-order valence-corrected chi connectivity index (χ1v) is 6.46. The molecule has 0 fully saturated rings. The normalized spacial score (nSPS) is 26.6. The predicted molar refractivity (Wildman–Crippen MR) is 65.6 cm³/mol. The van der Waals surface area contributed by atoms with E-state index in [0.29, 0.717) is 17.8 Å². The number of unbranched alkanes of at least 4 members (excludes halogenated alkanes) is 3. The van der Waals surface area contributed by atoms with Crippen molar-refractivity contribution in [1.29, 1.82) is 0 Å². The summed E-state index contributed by atoms with van der Waals surface area (Å²) in [5.74, 6) is -0.497. The molecular weight excluding hydrogens is 232 g/mol. The van der Waals surface area contributed by atoms with Gasteiger partial charge in [-0.15, -0.1) is 0 Å². The number of aliphatic hydroxyl groups is 1. The topological polar surface area (TPSA) is 63.6 Å². The summed E-state index contributed by atoms with van der Waals surface area (Å²) in [6.45, 7) is 2.11. The minimum Gasteiger partial charge on any atom is -0.423 e. The highest BCUT2D eigenvalue weighted by Crippen LogP contribution is 2.36. The quantitative estimate of drug-likeness (QED) is 0.599. The molecule has 0 saturated heterocycles. The Morgan fingerprint density at radius 3 is 2.78 bits per heavy atom. The van der Waals surface area contributed by atoms with Crippen LogP contribution in [-0.4, -0.2) is 22.5 Å². The molecule has 1 heterocycles. The van der Waals surface area contributed by atoms with Gasteiger partial charge in [0, 0.05) is 24.1 Å². The van der Waals surface area contributed by atoms with E-state index in [-0.39, 0.29) is 12.2 Å². The molecule has 1 aliphatic carbocycles. The molecule has 1 unspecified atom stereocenters. The highest BCUT2D eigenvalue weighted by atomic mass is 16.5. The zero-order valence-electron chi connectivity index (χ0n) is 10.6. The summed E-state index contributed by atoms with van der Waals surface area (Å²) < 4.78 is 4.87. The molecule has 1 atom stereocenters. The SMILES string of the molecule is CCCCCCC1(O)CC2=CC(=O)OC2=CC1=O. The minimum absolute atomic E-state index is 0.190. The third-order valence-corrected chi connectivity index (χ3v) is 3.47. The van der Waals surface area contributed by atoms with Crippen molar-refractivity contribution in [2.45, 2.75) is 51.0 Å². The van der Waals surface area contributed by atoms with Gasteiger partial charge in [-0.3, -0.25) is 4.79 Å². The fraction of sp³-hybridized carbons (Fsp3) is 0.571. The summed E-state index contributed by atoms with van der Waals surface area (Å²) in [6, 6.07) is 0. The summed E-state index contributed by atoms with van der Waals surface area (Å²) in [6.07, 6.45) is 7.30. The zero-order valence-corrected chi connectivity index (χ0v) is 10.6. The molecule has 0 amide bonds. The predicted octanol–water partition coefficient (Wildman–Crippen LogP) is 2.03. The van der Waals surface area contributed by atoms with Crippen LogP contribution >= 0.6 is 0 Å². The van der Waals surface area contributed by atoms with Gasteiger partial charge in [-0.25, -0.2) is 4.79 Å². The van der Waals surface area contributed by atoms with E-state index >= 15 is 0 Å². The van der Waals surface area contributed by atoms with Crippen LogP contribution in [-0.2, 0) is 14.3 Å². The van der Waals surface area contributed by atoms with E-state index < -0.39 is 11.6 Å². The second-order valence-corrected chi connectivity index (χ2v) is 4.98. The fourth-order valence-electron chi connectivity index (χ4n) is 2.39. The first-order chi connectivity index (χ1) is 8.55. The average molecular weight is 250 g/mol. The Kier molecular flexibility index (Phi) is 3.66. The maximum Gasteiger partial charge on any atom is 0.336 e. The summed E-state index contributed by atoms with van der Waals surface area (Å²) in [5.41, 5.74) is -0.713. The Balaban J connectivity index is 2.04. The van der Waals surface area contributed by atoms with Crippen LogP contribution in [0.2, 0.25) is 0 Å². The van der Waals surface area contributed by atoms with Crippen molar-refractivity contribution in [1.82, 2.24) is 0 Å². The maximum absolute atomic E-state index is 11.9. The van der Waals surface area contributed by atoms with E-state index in [2.05, 4.69) is 6.92 Å². The van der Waals surface area contributed by atoms with E-state index in [0.717, 1.165) is 25.7 Å². The molecule has 0 bridgehead atoms. The van der Waals surface area contributed by atoms with Gasteiger partial charge >= 0.3 is 5.97 Å². The summed E-state index contributed by atoms with van der Waals surface area (Å²) in [5, 5.41) is 10.4. The van der Waals surface area contributed by atoms with Gasteiger partial charge in [-0.2, -0.15) is 0 Å². The monoisotopic (exact) mass is 250 g/mol. The van der Waals surface area contributed by atoms with E-state index in [9.17, 15) is 14.7 Å². The summed E-state index contributed by atoms with van der Waals surface area (Å²) in [4.78, 5) is 23.0. The van der Waals surface area contributed by atoms with Gasteiger partial charge in [0.05, 0.1) is 0 Å². The molecule has 2 rings (SSSR count). The number of esters is 1. The third-order valence-electron chi connectivity index (χ3n) is 3.47. The number of hydrogen-bond donors (Lipinski definition) is 1. The van der Waals surface area contributed by atoms with E-state index in [1.54, 1.807) is 0 Å². The maximum atomic E-state index is 11.9. The number of carbonyl (C=O) groups is 2. The van der Waals surface area contributed by atoms with Crippen LogP contribution in [0.1, 0.15) is 45.4 Å². The van der Waals surface area contributed by atoms with Crippen molar-refractivity contribution in [3.63, 3.8) is 0 Å².